The van der Waals surface area contributed by atoms with Crippen LogP contribution in [0, 0.1) is 0 Å². The number of hydrogen-bond donors (Lipinski definition) is 1. The first-order valence-corrected chi connectivity index (χ1v) is 6.68. The van der Waals surface area contributed by atoms with Gasteiger partial charge in [0.05, 0.1) is 0 Å². The van der Waals surface area contributed by atoms with Gasteiger partial charge in [0.15, 0.2) is 0 Å². The molecule has 106 valence electrons. The lowest BCUT2D eigenvalue weighted by Crippen LogP contribution is -2.35. The molecule has 1 atom stereocenters. The van der Waals surface area contributed by atoms with Crippen LogP contribution in [0.15, 0.2) is 42.5 Å². The number of carbonyl (C=O) groups is 1. The predicted molar refractivity (Wildman–Crippen MR) is 82.3 cm³/mol. The van der Waals surface area contributed by atoms with Crippen LogP contribution < -0.4 is 0 Å². The Morgan fingerprint density at radius 2 is 1.95 bits per heavy atom. The minimum atomic E-state index is -0.696. The van der Waals surface area contributed by atoms with E-state index in [2.05, 4.69) is 35.2 Å². The van der Waals surface area contributed by atoms with Gasteiger partial charge in [0.2, 0.25) is 0 Å². The fraction of sp³-hybridized carbons (Fsp3) is 0.312. The van der Waals surface area contributed by atoms with Crippen LogP contribution in [0.3, 0.4) is 0 Å². The number of halogens is 1. The maximum absolute atomic E-state index is 11.2. The van der Waals surface area contributed by atoms with E-state index in [4.69, 9.17) is 0 Å². The Bertz CT molecular complexity index is 614. The zero-order valence-corrected chi connectivity index (χ0v) is 12.0. The number of carboxylic acids is 1. The predicted octanol–water partition coefficient (Wildman–Crippen LogP) is 3.31. The van der Waals surface area contributed by atoms with Crippen LogP contribution in [0.2, 0.25) is 0 Å². The van der Waals surface area contributed by atoms with Gasteiger partial charge in [0.25, 0.3) is 0 Å². The second-order valence-electron chi connectivity index (χ2n) is 5.15. The fourth-order valence-electron chi connectivity index (χ4n) is 2.87. The molecule has 1 aliphatic heterocycles. The summed E-state index contributed by atoms with van der Waals surface area (Å²) in [6.07, 6.45) is 1.74. The highest BCUT2D eigenvalue weighted by Crippen LogP contribution is 2.22. The van der Waals surface area contributed by atoms with Gasteiger partial charge in [-0.05, 0) is 41.8 Å². The molecule has 0 bridgehead atoms. The van der Waals surface area contributed by atoms with Crippen molar-refractivity contribution < 1.29 is 9.90 Å². The van der Waals surface area contributed by atoms with Crippen molar-refractivity contribution in [3.63, 3.8) is 0 Å². The summed E-state index contributed by atoms with van der Waals surface area (Å²) in [5.74, 6) is -0.696. The summed E-state index contributed by atoms with van der Waals surface area (Å²) in [7, 11) is 0. The number of benzene rings is 2. The third kappa shape index (κ3) is 2.94. The van der Waals surface area contributed by atoms with E-state index in [1.165, 1.54) is 16.3 Å². The summed E-state index contributed by atoms with van der Waals surface area (Å²) in [5, 5.41) is 11.6. The number of nitrogens with zero attached hydrogens (tertiary/aromatic N) is 1. The van der Waals surface area contributed by atoms with Gasteiger partial charge in [-0.2, -0.15) is 0 Å². The molecule has 2 aromatic carbocycles. The average molecular weight is 292 g/mol. The monoisotopic (exact) mass is 291 g/mol. The van der Waals surface area contributed by atoms with Gasteiger partial charge in [0.1, 0.15) is 6.04 Å². The quantitative estimate of drug-likeness (QED) is 0.943. The average Bonchev–Trinajstić information content (AvgIpc) is 2.87. The molecule has 0 aliphatic carbocycles. The summed E-state index contributed by atoms with van der Waals surface area (Å²) in [6.45, 7) is 1.60. The summed E-state index contributed by atoms with van der Waals surface area (Å²) in [5.41, 5.74) is 1.19. The minimum Gasteiger partial charge on any atom is -0.480 e. The van der Waals surface area contributed by atoms with E-state index >= 15 is 0 Å². The van der Waals surface area contributed by atoms with Crippen molar-refractivity contribution in [3.05, 3.63) is 48.0 Å². The largest absolute Gasteiger partial charge is 0.480 e. The zero-order chi connectivity index (χ0) is 13.2. The van der Waals surface area contributed by atoms with Gasteiger partial charge < -0.3 is 5.11 Å². The maximum Gasteiger partial charge on any atom is 0.320 e. The third-order valence-electron chi connectivity index (χ3n) is 3.85. The summed E-state index contributed by atoms with van der Waals surface area (Å²) >= 11 is 0. The number of carboxylic acid groups (broad SMARTS) is 1. The van der Waals surface area contributed by atoms with E-state index in [-0.39, 0.29) is 18.4 Å². The molecule has 2 aromatic rings. The van der Waals surface area contributed by atoms with E-state index in [0.717, 1.165) is 25.9 Å². The molecule has 1 unspecified atom stereocenters. The van der Waals surface area contributed by atoms with Gasteiger partial charge in [-0.1, -0.05) is 36.4 Å². The SMILES string of the molecule is Cl.O=C(O)C1CCCN1Cc1ccc2ccccc2c1. The van der Waals surface area contributed by atoms with Crippen LogP contribution in [0.25, 0.3) is 10.8 Å². The molecule has 20 heavy (non-hydrogen) atoms. The molecule has 0 spiro atoms. The zero-order valence-electron chi connectivity index (χ0n) is 11.2. The Hall–Kier alpha value is -1.58. The second kappa shape index (κ2) is 6.25. The molecule has 3 nitrogen and oxygen atoms in total. The second-order valence-corrected chi connectivity index (χ2v) is 5.15. The smallest absolute Gasteiger partial charge is 0.320 e. The minimum absolute atomic E-state index is 0. The van der Waals surface area contributed by atoms with Crippen LogP contribution in [0.1, 0.15) is 18.4 Å². The molecule has 1 aliphatic rings. The Morgan fingerprint density at radius 1 is 1.20 bits per heavy atom. The first-order valence-electron chi connectivity index (χ1n) is 6.68. The molecule has 0 aromatic heterocycles. The Morgan fingerprint density at radius 3 is 2.70 bits per heavy atom. The summed E-state index contributed by atoms with van der Waals surface area (Å²) in [4.78, 5) is 13.2. The van der Waals surface area contributed by atoms with Crippen molar-refractivity contribution in [1.29, 1.82) is 0 Å². The standard InChI is InChI=1S/C16H17NO2.ClH/c18-16(19)15-6-3-9-17(15)11-12-7-8-13-4-1-2-5-14(13)10-12;/h1-2,4-5,7-8,10,15H,3,6,9,11H2,(H,18,19);1H. The molecule has 0 amide bonds. The van der Waals surface area contributed by atoms with Gasteiger partial charge in [-0.25, -0.2) is 0 Å². The molecule has 1 saturated heterocycles. The van der Waals surface area contributed by atoms with Crippen LogP contribution in [-0.4, -0.2) is 28.6 Å². The Kier molecular flexibility index (Phi) is 4.63. The number of fused-ring (bicyclic) bond motifs is 1. The molecular formula is C16H18ClNO2. The molecule has 3 rings (SSSR count). The summed E-state index contributed by atoms with van der Waals surface area (Å²) < 4.78 is 0. The van der Waals surface area contributed by atoms with Crippen LogP contribution >= 0.6 is 12.4 Å². The van der Waals surface area contributed by atoms with Gasteiger partial charge >= 0.3 is 5.97 Å². The van der Waals surface area contributed by atoms with Crippen molar-refractivity contribution in [1.82, 2.24) is 4.90 Å². The highest BCUT2D eigenvalue weighted by molar-refractivity contribution is 5.85. The van der Waals surface area contributed by atoms with E-state index in [1.807, 2.05) is 12.1 Å². The van der Waals surface area contributed by atoms with Gasteiger partial charge in [0, 0.05) is 6.54 Å². The Labute approximate surface area is 124 Å². The molecule has 0 saturated carbocycles. The highest BCUT2D eigenvalue weighted by atomic mass is 35.5. The van der Waals surface area contributed by atoms with Crippen molar-refractivity contribution in [3.8, 4) is 0 Å². The normalized spacial score (nSPS) is 18.9. The van der Waals surface area contributed by atoms with E-state index in [0.29, 0.717) is 0 Å². The Balaban J connectivity index is 0.00000147. The number of rotatable bonds is 3. The molecule has 1 fully saturated rings. The van der Waals surface area contributed by atoms with Crippen molar-refractivity contribution in [2.75, 3.05) is 6.54 Å². The molecular weight excluding hydrogens is 274 g/mol. The van der Waals surface area contributed by atoms with Gasteiger partial charge in [-0.15, -0.1) is 12.4 Å². The first-order chi connectivity index (χ1) is 9.24. The van der Waals surface area contributed by atoms with E-state index in [9.17, 15) is 9.90 Å². The molecule has 1 heterocycles. The topological polar surface area (TPSA) is 40.5 Å². The van der Waals surface area contributed by atoms with Crippen LogP contribution in [0.5, 0.6) is 0 Å². The van der Waals surface area contributed by atoms with E-state index in [1.54, 1.807) is 0 Å². The van der Waals surface area contributed by atoms with E-state index < -0.39 is 5.97 Å². The number of hydrogen-bond acceptors (Lipinski definition) is 2. The lowest BCUT2D eigenvalue weighted by Gasteiger charge is -2.21. The molecule has 1 N–H and O–H groups in total. The first kappa shape index (κ1) is 14.8. The summed E-state index contributed by atoms with van der Waals surface area (Å²) in [6, 6.07) is 14.3. The van der Waals surface area contributed by atoms with Crippen LogP contribution in [0.4, 0.5) is 0 Å². The van der Waals surface area contributed by atoms with Crippen molar-refractivity contribution in [2.24, 2.45) is 0 Å². The highest BCUT2D eigenvalue weighted by Gasteiger charge is 2.30. The third-order valence-corrected chi connectivity index (χ3v) is 3.85. The van der Waals surface area contributed by atoms with Crippen molar-refractivity contribution >= 4 is 29.1 Å². The molecule has 4 heteroatoms. The number of likely N-dealkylation sites (tertiary alicyclic amines) is 1. The number of aliphatic carboxylic acids is 1. The molecule has 0 radical (unpaired) electrons. The lowest BCUT2D eigenvalue weighted by molar-refractivity contribution is -0.142. The van der Waals surface area contributed by atoms with Crippen LogP contribution in [-0.2, 0) is 11.3 Å². The lowest BCUT2D eigenvalue weighted by atomic mass is 10.1. The van der Waals surface area contributed by atoms with Crippen molar-refractivity contribution in [2.45, 2.75) is 25.4 Å². The fourth-order valence-corrected chi connectivity index (χ4v) is 2.87. The maximum atomic E-state index is 11.2. The van der Waals surface area contributed by atoms with Gasteiger partial charge in [-0.3, -0.25) is 9.69 Å².